The lowest BCUT2D eigenvalue weighted by Gasteiger charge is -2.19. The highest BCUT2D eigenvalue weighted by Gasteiger charge is 2.37. The van der Waals surface area contributed by atoms with Crippen molar-refractivity contribution in [2.24, 2.45) is 0 Å². The largest absolute Gasteiger partial charge is 0.416 e. The maximum Gasteiger partial charge on any atom is 0.416 e. The van der Waals surface area contributed by atoms with Crippen LogP contribution in [0.4, 0.5) is 26.3 Å². The molecule has 0 aliphatic heterocycles. The Hall–Kier alpha value is -3.36. The van der Waals surface area contributed by atoms with Crippen molar-refractivity contribution in [3.63, 3.8) is 0 Å². The summed E-state index contributed by atoms with van der Waals surface area (Å²) in [7, 11) is 0. The summed E-state index contributed by atoms with van der Waals surface area (Å²) >= 11 is 0. The van der Waals surface area contributed by atoms with Gasteiger partial charge in [0.05, 0.1) is 17.2 Å². The molecule has 0 saturated carbocycles. The first-order chi connectivity index (χ1) is 14.4. The van der Waals surface area contributed by atoms with Gasteiger partial charge < -0.3 is 5.32 Å². The van der Waals surface area contributed by atoms with Gasteiger partial charge in [0.15, 0.2) is 0 Å². The van der Waals surface area contributed by atoms with Crippen molar-refractivity contribution >= 4 is 5.91 Å². The second kappa shape index (κ2) is 8.41. The second-order valence-electron chi connectivity index (χ2n) is 6.85. The van der Waals surface area contributed by atoms with Crippen molar-refractivity contribution in [3.05, 3.63) is 89.2 Å². The number of pyridine rings is 1. The van der Waals surface area contributed by atoms with Crippen LogP contribution in [0.3, 0.4) is 0 Å². The van der Waals surface area contributed by atoms with Gasteiger partial charge in [0, 0.05) is 18.0 Å². The van der Waals surface area contributed by atoms with Gasteiger partial charge in [0.1, 0.15) is 0 Å². The standard InChI is InChI=1S/C22H16F6N2O/c1-13(17-10-18(21(23,24)25)12-19(11-17)22(26,27)28)30-20(31)16-4-2-14(3-5-16)15-6-8-29-9-7-15/h2-13H,1H3,(H,30,31). The van der Waals surface area contributed by atoms with Gasteiger partial charge in [-0.15, -0.1) is 0 Å². The highest BCUT2D eigenvalue weighted by atomic mass is 19.4. The van der Waals surface area contributed by atoms with Crippen LogP contribution in [-0.4, -0.2) is 10.9 Å². The number of nitrogens with zero attached hydrogens (tertiary/aromatic N) is 1. The minimum Gasteiger partial charge on any atom is -0.346 e. The molecule has 1 unspecified atom stereocenters. The van der Waals surface area contributed by atoms with Crippen LogP contribution in [0.5, 0.6) is 0 Å². The Morgan fingerprint density at radius 3 is 1.77 bits per heavy atom. The van der Waals surface area contributed by atoms with E-state index in [1.54, 1.807) is 36.7 Å². The molecule has 0 radical (unpaired) electrons. The lowest BCUT2D eigenvalue weighted by molar-refractivity contribution is -0.143. The third-order valence-corrected chi connectivity index (χ3v) is 4.62. The van der Waals surface area contributed by atoms with Crippen LogP contribution >= 0.6 is 0 Å². The first kappa shape index (κ1) is 22.3. The van der Waals surface area contributed by atoms with E-state index in [0.717, 1.165) is 11.1 Å². The fraction of sp³-hybridized carbons (Fsp3) is 0.182. The Labute approximate surface area is 173 Å². The lowest BCUT2D eigenvalue weighted by atomic mass is 10.00. The highest BCUT2D eigenvalue weighted by Crippen LogP contribution is 2.37. The molecule has 3 aromatic rings. The van der Waals surface area contributed by atoms with Crippen LogP contribution in [0.1, 0.15) is 40.0 Å². The quantitative estimate of drug-likeness (QED) is 0.488. The van der Waals surface area contributed by atoms with E-state index in [9.17, 15) is 31.1 Å². The summed E-state index contributed by atoms with van der Waals surface area (Å²) in [6.45, 7) is 1.32. The number of aromatic nitrogens is 1. The normalized spacial score (nSPS) is 13.0. The van der Waals surface area contributed by atoms with E-state index in [4.69, 9.17) is 0 Å². The molecule has 1 heterocycles. The number of hydrogen-bond acceptors (Lipinski definition) is 2. The average Bonchev–Trinajstić information content (AvgIpc) is 2.73. The molecule has 162 valence electrons. The number of nitrogens with one attached hydrogen (secondary N) is 1. The predicted molar refractivity (Wildman–Crippen MR) is 102 cm³/mol. The molecule has 1 amide bonds. The number of halogens is 6. The van der Waals surface area contributed by atoms with Crippen LogP contribution in [-0.2, 0) is 12.4 Å². The van der Waals surface area contributed by atoms with Crippen LogP contribution < -0.4 is 5.32 Å². The van der Waals surface area contributed by atoms with Gasteiger partial charge in [-0.05, 0) is 66.1 Å². The average molecular weight is 438 g/mol. The van der Waals surface area contributed by atoms with Gasteiger partial charge in [-0.25, -0.2) is 0 Å². The van der Waals surface area contributed by atoms with Gasteiger partial charge in [0.2, 0.25) is 0 Å². The van der Waals surface area contributed by atoms with Crippen LogP contribution in [0.2, 0.25) is 0 Å². The van der Waals surface area contributed by atoms with E-state index < -0.39 is 35.4 Å². The summed E-state index contributed by atoms with van der Waals surface area (Å²) in [5, 5.41) is 2.45. The highest BCUT2D eigenvalue weighted by molar-refractivity contribution is 5.95. The number of rotatable bonds is 4. The minimum absolute atomic E-state index is 0.0515. The van der Waals surface area contributed by atoms with Crippen molar-refractivity contribution in [3.8, 4) is 11.1 Å². The van der Waals surface area contributed by atoms with Crippen LogP contribution in [0.15, 0.2) is 67.0 Å². The zero-order chi connectivity index (χ0) is 22.8. The number of benzene rings is 2. The molecule has 9 heteroatoms. The molecule has 0 aliphatic rings. The molecule has 0 aliphatic carbocycles. The summed E-state index contributed by atoms with van der Waals surface area (Å²) in [6.07, 6.45) is -6.69. The van der Waals surface area contributed by atoms with E-state index in [1.165, 1.54) is 19.1 Å². The van der Waals surface area contributed by atoms with E-state index in [2.05, 4.69) is 10.3 Å². The smallest absolute Gasteiger partial charge is 0.346 e. The van der Waals surface area contributed by atoms with Crippen molar-refractivity contribution < 1.29 is 31.1 Å². The fourth-order valence-electron chi connectivity index (χ4n) is 2.95. The van der Waals surface area contributed by atoms with Gasteiger partial charge in [-0.1, -0.05) is 12.1 Å². The summed E-state index contributed by atoms with van der Waals surface area (Å²) < 4.78 is 78.3. The molecule has 0 bridgehead atoms. The van der Waals surface area contributed by atoms with E-state index in [1.807, 2.05) is 0 Å². The second-order valence-corrected chi connectivity index (χ2v) is 6.85. The lowest BCUT2D eigenvalue weighted by Crippen LogP contribution is -2.27. The monoisotopic (exact) mass is 438 g/mol. The Morgan fingerprint density at radius 1 is 0.806 bits per heavy atom. The zero-order valence-electron chi connectivity index (χ0n) is 16.1. The van der Waals surface area contributed by atoms with E-state index in [0.29, 0.717) is 12.1 Å². The molecule has 3 rings (SSSR count). The van der Waals surface area contributed by atoms with Gasteiger partial charge in [-0.3, -0.25) is 9.78 Å². The molecule has 0 fully saturated rings. The topological polar surface area (TPSA) is 42.0 Å². The van der Waals surface area contributed by atoms with E-state index >= 15 is 0 Å². The zero-order valence-corrected chi connectivity index (χ0v) is 16.1. The molecular weight excluding hydrogens is 422 g/mol. The first-order valence-corrected chi connectivity index (χ1v) is 9.06. The van der Waals surface area contributed by atoms with Crippen molar-refractivity contribution in [2.75, 3.05) is 0 Å². The molecule has 31 heavy (non-hydrogen) atoms. The SMILES string of the molecule is CC(NC(=O)c1ccc(-c2ccncc2)cc1)c1cc(C(F)(F)F)cc(C(F)(F)F)c1. The maximum atomic E-state index is 13.0. The van der Waals surface area contributed by atoms with Gasteiger partial charge >= 0.3 is 12.4 Å². The molecule has 2 aromatic carbocycles. The summed E-state index contributed by atoms with van der Waals surface area (Å²) in [5.74, 6) is -0.625. The Kier molecular flexibility index (Phi) is 6.06. The Bertz CT molecular complexity index is 1030. The number of hydrogen-bond donors (Lipinski definition) is 1. The molecule has 1 atom stereocenters. The fourth-order valence-corrected chi connectivity index (χ4v) is 2.95. The van der Waals surface area contributed by atoms with E-state index in [-0.39, 0.29) is 17.2 Å². The molecular formula is C22H16F6N2O. The maximum absolute atomic E-state index is 13.0. The number of carbonyl (C=O) groups excluding carboxylic acids is 1. The predicted octanol–water partition coefficient (Wildman–Crippen LogP) is 6.28. The van der Waals surface area contributed by atoms with Crippen LogP contribution in [0.25, 0.3) is 11.1 Å². The van der Waals surface area contributed by atoms with Gasteiger partial charge in [-0.2, -0.15) is 26.3 Å². The number of carbonyl (C=O) groups is 1. The molecule has 1 aromatic heterocycles. The third-order valence-electron chi connectivity index (χ3n) is 4.62. The molecule has 0 spiro atoms. The third kappa shape index (κ3) is 5.42. The Morgan fingerprint density at radius 2 is 1.29 bits per heavy atom. The minimum atomic E-state index is -4.96. The Balaban J connectivity index is 1.82. The number of alkyl halides is 6. The summed E-state index contributed by atoms with van der Waals surface area (Å²) in [5.41, 5.74) is -1.25. The van der Waals surface area contributed by atoms with Gasteiger partial charge in [0.25, 0.3) is 5.91 Å². The summed E-state index contributed by atoms with van der Waals surface area (Å²) in [4.78, 5) is 16.4. The molecule has 1 N–H and O–H groups in total. The molecule has 3 nitrogen and oxygen atoms in total. The van der Waals surface area contributed by atoms with Crippen molar-refractivity contribution in [2.45, 2.75) is 25.3 Å². The molecule has 0 saturated heterocycles. The van der Waals surface area contributed by atoms with Crippen molar-refractivity contribution in [1.82, 2.24) is 10.3 Å². The number of amides is 1. The van der Waals surface area contributed by atoms with Crippen molar-refractivity contribution in [1.29, 1.82) is 0 Å². The first-order valence-electron chi connectivity index (χ1n) is 9.06. The summed E-state index contributed by atoms with van der Waals surface area (Å²) in [6, 6.07) is 10.1. The van der Waals surface area contributed by atoms with Crippen LogP contribution in [0, 0.1) is 0 Å².